The molecule has 0 spiro atoms. The number of likely N-dealkylation sites (tertiary alicyclic amines) is 1. The van der Waals surface area contributed by atoms with Crippen LogP contribution in [-0.4, -0.2) is 39.0 Å². The Morgan fingerprint density at radius 3 is 2.48 bits per heavy atom. The van der Waals surface area contributed by atoms with E-state index in [4.69, 9.17) is 5.73 Å². The second-order valence-electron chi connectivity index (χ2n) is 7.39. The first-order valence-corrected chi connectivity index (χ1v) is 10.0. The van der Waals surface area contributed by atoms with Crippen LogP contribution in [0.3, 0.4) is 0 Å². The summed E-state index contributed by atoms with van der Waals surface area (Å²) in [5, 5.41) is 6.83. The first-order chi connectivity index (χ1) is 14.2. The van der Waals surface area contributed by atoms with Gasteiger partial charge < -0.3 is 16.4 Å². The van der Waals surface area contributed by atoms with Crippen molar-refractivity contribution in [3.8, 4) is 0 Å². The van der Waals surface area contributed by atoms with E-state index in [-0.39, 0.29) is 5.95 Å². The monoisotopic (exact) mass is 389 g/mol. The first-order valence-electron chi connectivity index (χ1n) is 10.0. The Hall–Kier alpha value is -3.19. The number of piperidine rings is 1. The van der Waals surface area contributed by atoms with Crippen molar-refractivity contribution in [3.05, 3.63) is 72.1 Å². The number of anilines is 3. The van der Waals surface area contributed by atoms with Crippen molar-refractivity contribution in [1.29, 1.82) is 0 Å². The van der Waals surface area contributed by atoms with E-state index in [1.54, 1.807) is 6.20 Å². The number of nitrogen functional groups attached to an aromatic ring is 1. The minimum atomic E-state index is 0.269. The molecule has 1 aliphatic heterocycles. The molecule has 0 unspecified atom stereocenters. The molecule has 0 saturated carbocycles. The molecule has 7 heteroatoms. The quantitative estimate of drug-likeness (QED) is 0.572. The van der Waals surface area contributed by atoms with E-state index in [0.29, 0.717) is 18.4 Å². The standard InChI is InChI=1S/C22H27N7/c23-22-27-20(25-15-18-7-4-10-24-14-18)13-21(28-22)26-19-8-11-29(12-9-19)16-17-5-2-1-3-6-17/h1-7,10,13-14,19H,8-9,11-12,15-16H2,(H4,23,25,26,27,28). The molecule has 2 aromatic heterocycles. The van der Waals surface area contributed by atoms with Crippen molar-refractivity contribution < 1.29 is 0 Å². The molecule has 0 amide bonds. The Morgan fingerprint density at radius 2 is 1.72 bits per heavy atom. The van der Waals surface area contributed by atoms with Crippen molar-refractivity contribution in [3.63, 3.8) is 0 Å². The fourth-order valence-electron chi connectivity index (χ4n) is 3.61. The summed E-state index contributed by atoms with van der Waals surface area (Å²) in [4.78, 5) is 15.3. The van der Waals surface area contributed by atoms with Gasteiger partial charge in [0.15, 0.2) is 0 Å². The molecule has 29 heavy (non-hydrogen) atoms. The van der Waals surface area contributed by atoms with Gasteiger partial charge in [0.05, 0.1) is 0 Å². The van der Waals surface area contributed by atoms with Gasteiger partial charge in [0, 0.05) is 50.7 Å². The third-order valence-electron chi connectivity index (χ3n) is 5.13. The zero-order valence-corrected chi connectivity index (χ0v) is 16.5. The van der Waals surface area contributed by atoms with Gasteiger partial charge in [-0.05, 0) is 30.0 Å². The summed E-state index contributed by atoms with van der Waals surface area (Å²) in [5.41, 5.74) is 8.37. The molecule has 1 aromatic carbocycles. The van der Waals surface area contributed by atoms with Crippen molar-refractivity contribution in [1.82, 2.24) is 19.9 Å². The lowest BCUT2D eigenvalue weighted by Gasteiger charge is -2.32. The zero-order valence-electron chi connectivity index (χ0n) is 16.5. The van der Waals surface area contributed by atoms with Crippen LogP contribution in [-0.2, 0) is 13.1 Å². The zero-order chi connectivity index (χ0) is 19.9. The molecular formula is C22H27N7. The smallest absolute Gasteiger partial charge is 0.223 e. The predicted octanol–water partition coefficient (Wildman–Crippen LogP) is 3.14. The van der Waals surface area contributed by atoms with Crippen LogP contribution in [0.4, 0.5) is 17.6 Å². The lowest BCUT2D eigenvalue weighted by atomic mass is 10.0. The van der Waals surface area contributed by atoms with Crippen LogP contribution in [0.1, 0.15) is 24.0 Å². The van der Waals surface area contributed by atoms with E-state index in [2.05, 4.69) is 60.8 Å². The Labute approximate surface area is 171 Å². The summed E-state index contributed by atoms with van der Waals surface area (Å²) < 4.78 is 0. The number of nitrogens with one attached hydrogen (secondary N) is 2. The molecule has 3 heterocycles. The summed E-state index contributed by atoms with van der Waals surface area (Å²) >= 11 is 0. The molecule has 0 radical (unpaired) electrons. The van der Waals surface area contributed by atoms with Gasteiger partial charge in [-0.1, -0.05) is 36.4 Å². The first kappa shape index (κ1) is 19.1. The number of nitrogens with two attached hydrogens (primary N) is 1. The highest BCUT2D eigenvalue weighted by atomic mass is 15.2. The second-order valence-corrected chi connectivity index (χ2v) is 7.39. The highest BCUT2D eigenvalue weighted by Crippen LogP contribution is 2.20. The molecular weight excluding hydrogens is 362 g/mol. The number of nitrogens with zero attached hydrogens (tertiary/aromatic N) is 4. The molecule has 4 rings (SSSR count). The number of aromatic nitrogens is 3. The van der Waals surface area contributed by atoms with E-state index in [0.717, 1.165) is 43.9 Å². The fourth-order valence-corrected chi connectivity index (χ4v) is 3.61. The molecule has 0 aliphatic carbocycles. The minimum absolute atomic E-state index is 0.269. The van der Waals surface area contributed by atoms with Crippen LogP contribution in [0, 0.1) is 0 Å². The third-order valence-corrected chi connectivity index (χ3v) is 5.13. The summed E-state index contributed by atoms with van der Waals surface area (Å²) in [5.74, 6) is 1.75. The number of hydrogen-bond acceptors (Lipinski definition) is 7. The number of hydrogen-bond donors (Lipinski definition) is 3. The van der Waals surface area contributed by atoms with E-state index >= 15 is 0 Å². The highest BCUT2D eigenvalue weighted by Gasteiger charge is 2.19. The van der Waals surface area contributed by atoms with Crippen LogP contribution >= 0.6 is 0 Å². The number of rotatable bonds is 7. The second kappa shape index (κ2) is 9.34. The lowest BCUT2D eigenvalue weighted by Crippen LogP contribution is -2.38. The molecule has 1 saturated heterocycles. The summed E-state index contributed by atoms with van der Waals surface area (Å²) in [6.07, 6.45) is 5.75. The summed E-state index contributed by atoms with van der Waals surface area (Å²) in [6, 6.07) is 16.9. The van der Waals surface area contributed by atoms with Crippen LogP contribution in [0.25, 0.3) is 0 Å². The Balaban J connectivity index is 1.30. The van der Waals surface area contributed by atoms with Crippen LogP contribution in [0.15, 0.2) is 60.9 Å². The average Bonchev–Trinajstić information content (AvgIpc) is 2.75. The highest BCUT2D eigenvalue weighted by molar-refractivity contribution is 5.51. The average molecular weight is 390 g/mol. The summed E-state index contributed by atoms with van der Waals surface area (Å²) in [7, 11) is 0. The molecule has 4 N–H and O–H groups in total. The topological polar surface area (TPSA) is 92.0 Å². The predicted molar refractivity (Wildman–Crippen MR) is 116 cm³/mol. The third kappa shape index (κ3) is 5.65. The molecule has 1 aliphatic rings. The molecule has 7 nitrogen and oxygen atoms in total. The van der Waals surface area contributed by atoms with E-state index < -0.39 is 0 Å². The van der Waals surface area contributed by atoms with Gasteiger partial charge >= 0.3 is 0 Å². The van der Waals surface area contributed by atoms with E-state index in [1.165, 1.54) is 5.56 Å². The minimum Gasteiger partial charge on any atom is -0.368 e. The van der Waals surface area contributed by atoms with E-state index in [9.17, 15) is 0 Å². The molecule has 0 bridgehead atoms. The normalized spacial score (nSPS) is 15.2. The molecule has 1 fully saturated rings. The molecule has 150 valence electrons. The largest absolute Gasteiger partial charge is 0.368 e. The van der Waals surface area contributed by atoms with Crippen LogP contribution in [0.2, 0.25) is 0 Å². The van der Waals surface area contributed by atoms with Gasteiger partial charge in [-0.2, -0.15) is 9.97 Å². The van der Waals surface area contributed by atoms with Gasteiger partial charge in [0.25, 0.3) is 0 Å². The van der Waals surface area contributed by atoms with Crippen LogP contribution in [0.5, 0.6) is 0 Å². The van der Waals surface area contributed by atoms with Gasteiger partial charge in [-0.25, -0.2) is 0 Å². The van der Waals surface area contributed by atoms with Gasteiger partial charge in [0.2, 0.25) is 5.95 Å². The van der Waals surface area contributed by atoms with Crippen LogP contribution < -0.4 is 16.4 Å². The van der Waals surface area contributed by atoms with Crippen molar-refractivity contribution in [2.75, 3.05) is 29.5 Å². The Bertz CT molecular complexity index is 894. The van der Waals surface area contributed by atoms with Gasteiger partial charge in [-0.3, -0.25) is 9.88 Å². The van der Waals surface area contributed by atoms with Crippen molar-refractivity contribution >= 4 is 17.6 Å². The Morgan fingerprint density at radius 1 is 0.966 bits per heavy atom. The molecule has 0 atom stereocenters. The Kier molecular flexibility index (Phi) is 6.16. The van der Waals surface area contributed by atoms with Gasteiger partial charge in [-0.15, -0.1) is 0 Å². The number of benzene rings is 1. The molecule has 3 aromatic rings. The van der Waals surface area contributed by atoms with Crippen molar-refractivity contribution in [2.45, 2.75) is 32.0 Å². The maximum atomic E-state index is 5.92. The number of pyridine rings is 1. The SMILES string of the molecule is Nc1nc(NCc2cccnc2)cc(NC2CCN(Cc3ccccc3)CC2)n1. The van der Waals surface area contributed by atoms with Gasteiger partial charge in [0.1, 0.15) is 11.6 Å². The summed E-state index contributed by atoms with van der Waals surface area (Å²) in [6.45, 7) is 3.79. The van der Waals surface area contributed by atoms with E-state index in [1.807, 2.05) is 24.4 Å². The van der Waals surface area contributed by atoms with Crippen molar-refractivity contribution in [2.24, 2.45) is 0 Å². The maximum absolute atomic E-state index is 5.92. The lowest BCUT2D eigenvalue weighted by molar-refractivity contribution is 0.211. The maximum Gasteiger partial charge on any atom is 0.223 e. The fraction of sp³-hybridized carbons (Fsp3) is 0.318.